The smallest absolute Gasteiger partial charge is 0.223 e. The van der Waals surface area contributed by atoms with E-state index in [1.54, 1.807) is 0 Å². The van der Waals surface area contributed by atoms with Gasteiger partial charge in [-0.05, 0) is 37.5 Å². The van der Waals surface area contributed by atoms with Gasteiger partial charge < -0.3 is 10.2 Å². The predicted octanol–water partition coefficient (Wildman–Crippen LogP) is 3.30. The van der Waals surface area contributed by atoms with E-state index in [-0.39, 0.29) is 11.8 Å². The van der Waals surface area contributed by atoms with Gasteiger partial charge in [0.25, 0.3) is 0 Å². The third kappa shape index (κ3) is 4.29. The second-order valence-corrected chi connectivity index (χ2v) is 5.89. The minimum atomic E-state index is 0.126. The molecule has 1 heterocycles. The fourth-order valence-corrected chi connectivity index (χ4v) is 2.81. The summed E-state index contributed by atoms with van der Waals surface area (Å²) in [6.07, 6.45) is 2.60. The first-order valence-corrected chi connectivity index (χ1v) is 7.96. The summed E-state index contributed by atoms with van der Waals surface area (Å²) in [7, 11) is 0. The maximum absolute atomic E-state index is 12.0. The Morgan fingerprint density at radius 3 is 2.75 bits per heavy atom. The van der Waals surface area contributed by atoms with Gasteiger partial charge >= 0.3 is 0 Å². The van der Waals surface area contributed by atoms with Gasteiger partial charge in [0.2, 0.25) is 5.91 Å². The highest BCUT2D eigenvalue weighted by atomic mass is 35.5. The topological polar surface area (TPSA) is 32.3 Å². The molecule has 3 nitrogen and oxygen atoms in total. The average Bonchev–Trinajstić information content (AvgIpc) is 2.47. The van der Waals surface area contributed by atoms with Crippen molar-refractivity contribution in [1.82, 2.24) is 5.32 Å². The van der Waals surface area contributed by atoms with Gasteiger partial charge in [-0.1, -0.05) is 17.7 Å². The molecule has 0 radical (unpaired) electrons. The van der Waals surface area contributed by atoms with Crippen LogP contribution in [0.25, 0.3) is 0 Å². The maximum Gasteiger partial charge on any atom is 0.223 e. The van der Waals surface area contributed by atoms with E-state index in [0.29, 0.717) is 12.4 Å². The van der Waals surface area contributed by atoms with Crippen LogP contribution in [0.15, 0.2) is 24.3 Å². The first kappa shape index (κ1) is 15.5. The molecule has 0 unspecified atom stereocenters. The van der Waals surface area contributed by atoms with E-state index < -0.39 is 0 Å². The average molecular weight is 315 g/mol. The Hall–Kier alpha value is -0.930. The number of nitrogens with one attached hydrogen (secondary N) is 1. The number of halogens is 2. The molecule has 2 rings (SSSR count). The molecule has 0 aliphatic carbocycles. The summed E-state index contributed by atoms with van der Waals surface area (Å²) in [6.45, 7) is 2.47. The highest BCUT2D eigenvalue weighted by Crippen LogP contribution is 2.25. The van der Waals surface area contributed by atoms with Crippen LogP contribution < -0.4 is 10.2 Å². The molecule has 1 aromatic rings. The Balaban J connectivity index is 1.81. The highest BCUT2D eigenvalue weighted by Gasteiger charge is 2.24. The summed E-state index contributed by atoms with van der Waals surface area (Å²) in [4.78, 5) is 14.3. The van der Waals surface area contributed by atoms with Crippen LogP contribution in [0.5, 0.6) is 0 Å². The van der Waals surface area contributed by atoms with Crippen LogP contribution in [0.4, 0.5) is 5.69 Å². The number of hydrogen-bond acceptors (Lipinski definition) is 2. The molecule has 1 amide bonds. The van der Waals surface area contributed by atoms with Crippen molar-refractivity contribution in [2.24, 2.45) is 5.92 Å². The number of amides is 1. The quantitative estimate of drug-likeness (QED) is 0.668. The van der Waals surface area contributed by atoms with E-state index in [1.807, 2.05) is 18.2 Å². The summed E-state index contributed by atoms with van der Waals surface area (Å²) in [5.41, 5.74) is 1.14. The van der Waals surface area contributed by atoms with Gasteiger partial charge in [-0.3, -0.25) is 4.79 Å². The van der Waals surface area contributed by atoms with E-state index >= 15 is 0 Å². The zero-order valence-corrected chi connectivity index (χ0v) is 13.0. The molecular weight excluding hydrogens is 295 g/mol. The third-order valence-corrected chi connectivity index (χ3v) is 4.15. The van der Waals surface area contributed by atoms with Gasteiger partial charge in [0, 0.05) is 42.1 Å². The molecule has 1 saturated heterocycles. The molecule has 110 valence electrons. The standard InChI is InChI=1S/C15H20Cl2N2O/c16-7-2-8-18-15(20)12-5-9-19(10-6-12)14-4-1-3-13(17)11-14/h1,3-4,11-12H,2,5-10H2,(H,18,20). The van der Waals surface area contributed by atoms with Crippen molar-refractivity contribution in [3.8, 4) is 0 Å². The molecule has 0 atom stereocenters. The van der Waals surface area contributed by atoms with Gasteiger partial charge in [-0.2, -0.15) is 0 Å². The van der Waals surface area contributed by atoms with Gasteiger partial charge in [0.05, 0.1) is 0 Å². The Kier molecular flexibility index (Phi) is 5.99. The summed E-state index contributed by atoms with van der Waals surface area (Å²) >= 11 is 11.6. The second kappa shape index (κ2) is 7.75. The normalized spacial score (nSPS) is 16.2. The number of carbonyl (C=O) groups is 1. The van der Waals surface area contributed by atoms with Crippen molar-refractivity contribution in [2.45, 2.75) is 19.3 Å². The molecule has 0 saturated carbocycles. The van der Waals surface area contributed by atoms with Crippen LogP contribution in [0, 0.1) is 5.92 Å². The van der Waals surface area contributed by atoms with E-state index in [4.69, 9.17) is 23.2 Å². The lowest BCUT2D eigenvalue weighted by Crippen LogP contribution is -2.40. The predicted molar refractivity (Wildman–Crippen MR) is 84.7 cm³/mol. The summed E-state index contributed by atoms with van der Waals surface area (Å²) in [6, 6.07) is 7.87. The molecule has 0 bridgehead atoms. The SMILES string of the molecule is O=C(NCCCCl)C1CCN(c2cccc(Cl)c2)CC1. The number of alkyl halides is 1. The fraction of sp³-hybridized carbons (Fsp3) is 0.533. The van der Waals surface area contributed by atoms with Crippen LogP contribution in [0.1, 0.15) is 19.3 Å². The van der Waals surface area contributed by atoms with E-state index in [2.05, 4.69) is 16.3 Å². The number of nitrogens with zero attached hydrogens (tertiary/aromatic N) is 1. The molecule has 1 aliphatic rings. The van der Waals surface area contributed by atoms with Crippen LogP contribution >= 0.6 is 23.2 Å². The number of hydrogen-bond donors (Lipinski definition) is 1. The van der Waals surface area contributed by atoms with Gasteiger partial charge in [-0.25, -0.2) is 0 Å². The Bertz CT molecular complexity index is 445. The van der Waals surface area contributed by atoms with Crippen molar-refractivity contribution < 1.29 is 4.79 Å². The van der Waals surface area contributed by atoms with Crippen molar-refractivity contribution in [2.75, 3.05) is 30.4 Å². The van der Waals surface area contributed by atoms with Crippen molar-refractivity contribution in [1.29, 1.82) is 0 Å². The lowest BCUT2D eigenvalue weighted by atomic mass is 9.95. The Morgan fingerprint density at radius 1 is 1.35 bits per heavy atom. The maximum atomic E-state index is 12.0. The minimum absolute atomic E-state index is 0.126. The molecular formula is C15H20Cl2N2O. The second-order valence-electron chi connectivity index (χ2n) is 5.07. The first-order chi connectivity index (χ1) is 9.70. The molecule has 1 N–H and O–H groups in total. The van der Waals surface area contributed by atoms with Gasteiger partial charge in [0.15, 0.2) is 0 Å². The first-order valence-electron chi connectivity index (χ1n) is 7.05. The fourth-order valence-electron chi connectivity index (χ4n) is 2.50. The zero-order valence-electron chi connectivity index (χ0n) is 11.4. The number of anilines is 1. The Morgan fingerprint density at radius 2 is 2.10 bits per heavy atom. The number of piperidine rings is 1. The number of rotatable bonds is 5. The summed E-state index contributed by atoms with van der Waals surface area (Å²) in [5.74, 6) is 0.884. The summed E-state index contributed by atoms with van der Waals surface area (Å²) in [5, 5.41) is 3.71. The summed E-state index contributed by atoms with van der Waals surface area (Å²) < 4.78 is 0. The largest absolute Gasteiger partial charge is 0.371 e. The molecule has 0 spiro atoms. The van der Waals surface area contributed by atoms with Gasteiger partial charge in [0.1, 0.15) is 0 Å². The lowest BCUT2D eigenvalue weighted by molar-refractivity contribution is -0.125. The monoisotopic (exact) mass is 314 g/mol. The third-order valence-electron chi connectivity index (χ3n) is 3.65. The zero-order chi connectivity index (χ0) is 14.4. The molecule has 0 aromatic heterocycles. The van der Waals surface area contributed by atoms with Crippen LogP contribution in [0.2, 0.25) is 5.02 Å². The number of benzene rings is 1. The van der Waals surface area contributed by atoms with Crippen LogP contribution in [-0.2, 0) is 4.79 Å². The van der Waals surface area contributed by atoms with Crippen molar-refractivity contribution in [3.05, 3.63) is 29.3 Å². The molecule has 1 aliphatic heterocycles. The van der Waals surface area contributed by atoms with Crippen molar-refractivity contribution >= 4 is 34.8 Å². The van der Waals surface area contributed by atoms with Crippen LogP contribution in [0.3, 0.4) is 0 Å². The molecule has 1 fully saturated rings. The molecule has 1 aromatic carbocycles. The van der Waals surface area contributed by atoms with E-state index in [0.717, 1.165) is 43.1 Å². The highest BCUT2D eigenvalue weighted by molar-refractivity contribution is 6.30. The lowest BCUT2D eigenvalue weighted by Gasteiger charge is -2.33. The van der Waals surface area contributed by atoms with E-state index in [1.165, 1.54) is 0 Å². The van der Waals surface area contributed by atoms with E-state index in [9.17, 15) is 4.79 Å². The molecule has 20 heavy (non-hydrogen) atoms. The van der Waals surface area contributed by atoms with Crippen molar-refractivity contribution in [3.63, 3.8) is 0 Å². The molecule has 5 heteroatoms. The number of carbonyl (C=O) groups excluding carboxylic acids is 1. The minimum Gasteiger partial charge on any atom is -0.371 e. The van der Waals surface area contributed by atoms with Crippen LogP contribution in [-0.4, -0.2) is 31.4 Å². The van der Waals surface area contributed by atoms with Gasteiger partial charge in [-0.15, -0.1) is 11.6 Å². The Labute approximate surface area is 130 Å².